The van der Waals surface area contributed by atoms with Crippen molar-refractivity contribution in [3.63, 3.8) is 0 Å². The fourth-order valence-corrected chi connectivity index (χ4v) is 2.33. The van der Waals surface area contributed by atoms with E-state index in [0.29, 0.717) is 0 Å². The van der Waals surface area contributed by atoms with Gasteiger partial charge in [-0.3, -0.25) is 19.2 Å². The van der Waals surface area contributed by atoms with Crippen LogP contribution in [0.5, 0.6) is 0 Å². The second-order valence-corrected chi connectivity index (χ2v) is 5.24. The average molecular weight is 282 g/mol. The van der Waals surface area contributed by atoms with Crippen LogP contribution in [-0.4, -0.2) is 96.6 Å². The molecule has 2 aliphatic heterocycles. The third-order valence-electron chi connectivity index (χ3n) is 3.76. The first kappa shape index (κ1) is 14.3. The van der Waals surface area contributed by atoms with Gasteiger partial charge in [0.25, 0.3) is 0 Å². The van der Waals surface area contributed by atoms with E-state index in [1.165, 1.54) is 19.6 Å². The molecule has 0 N–H and O–H groups in total. The number of nitrogens with zero attached hydrogens (tertiary/aromatic N) is 4. The Morgan fingerprint density at radius 2 is 1.45 bits per heavy atom. The first-order valence-electron chi connectivity index (χ1n) is 6.33. The Balaban J connectivity index is 2.11. The number of amides is 4. The molecule has 0 bridgehead atoms. The minimum Gasteiger partial charge on any atom is -0.335 e. The third-order valence-corrected chi connectivity index (χ3v) is 3.76. The van der Waals surface area contributed by atoms with E-state index in [1.54, 1.807) is 21.1 Å². The Kier molecular flexibility index (Phi) is 3.65. The van der Waals surface area contributed by atoms with Crippen LogP contribution in [0.15, 0.2) is 0 Å². The molecule has 110 valence electrons. The summed E-state index contributed by atoms with van der Waals surface area (Å²) < 4.78 is 0. The number of carbonyl (C=O) groups is 4. The highest BCUT2D eigenvalue weighted by atomic mass is 16.2. The lowest BCUT2D eigenvalue weighted by Crippen LogP contribution is -2.63. The van der Waals surface area contributed by atoms with E-state index in [1.807, 2.05) is 0 Å². The number of likely N-dealkylation sites (N-methyl/N-ethyl adjacent to an activating group) is 3. The number of hydrogen-bond acceptors (Lipinski definition) is 4. The fraction of sp³-hybridized carbons (Fsp3) is 0.667. The van der Waals surface area contributed by atoms with Crippen molar-refractivity contribution < 1.29 is 19.2 Å². The molecule has 1 atom stereocenters. The quantitative estimate of drug-likeness (QED) is 0.565. The molecule has 2 rings (SSSR count). The van der Waals surface area contributed by atoms with Crippen LogP contribution in [0, 0.1) is 0 Å². The number of piperazine rings is 2. The summed E-state index contributed by atoms with van der Waals surface area (Å²) in [5.41, 5.74) is 0. The molecule has 4 amide bonds. The summed E-state index contributed by atoms with van der Waals surface area (Å²) in [7, 11) is 4.66. The van der Waals surface area contributed by atoms with Gasteiger partial charge in [-0.2, -0.15) is 0 Å². The topological polar surface area (TPSA) is 81.2 Å². The lowest BCUT2D eigenvalue weighted by atomic mass is 10.1. The van der Waals surface area contributed by atoms with E-state index in [9.17, 15) is 19.2 Å². The molecule has 8 nitrogen and oxygen atoms in total. The van der Waals surface area contributed by atoms with E-state index in [0.717, 1.165) is 0 Å². The SMILES string of the molecule is CN1CC(=O)N(CC2C(=O)N(C)CC(=O)N2C)CC1=O. The van der Waals surface area contributed by atoms with Crippen molar-refractivity contribution in [2.24, 2.45) is 0 Å². The first-order chi connectivity index (χ1) is 9.31. The van der Waals surface area contributed by atoms with Gasteiger partial charge in [-0.15, -0.1) is 0 Å². The minimum atomic E-state index is -0.721. The Labute approximate surface area is 116 Å². The van der Waals surface area contributed by atoms with Gasteiger partial charge >= 0.3 is 0 Å². The zero-order valence-electron chi connectivity index (χ0n) is 11.8. The Bertz CT molecular complexity index is 478. The monoisotopic (exact) mass is 282 g/mol. The molecule has 8 heteroatoms. The normalized spacial score (nSPS) is 24.9. The highest BCUT2D eigenvalue weighted by Crippen LogP contribution is 2.13. The van der Waals surface area contributed by atoms with Crippen molar-refractivity contribution in [1.29, 1.82) is 0 Å². The van der Waals surface area contributed by atoms with E-state index in [2.05, 4.69) is 0 Å². The van der Waals surface area contributed by atoms with Crippen LogP contribution < -0.4 is 0 Å². The standard InChI is InChI=1S/C12H18N4O4/c1-13-6-11(19)16(7-9(13)17)4-8-12(20)14(2)5-10(18)15(8)3/h8H,4-7H2,1-3H3. The molecule has 2 fully saturated rings. The van der Waals surface area contributed by atoms with Crippen molar-refractivity contribution in [3.05, 3.63) is 0 Å². The van der Waals surface area contributed by atoms with Crippen molar-refractivity contribution in [3.8, 4) is 0 Å². The summed E-state index contributed by atoms with van der Waals surface area (Å²) >= 11 is 0. The van der Waals surface area contributed by atoms with Crippen molar-refractivity contribution in [2.75, 3.05) is 47.3 Å². The molecule has 0 radical (unpaired) electrons. The molecule has 0 aliphatic carbocycles. The van der Waals surface area contributed by atoms with Gasteiger partial charge in [-0.25, -0.2) is 0 Å². The van der Waals surface area contributed by atoms with Crippen LogP contribution in [0.1, 0.15) is 0 Å². The molecule has 2 saturated heterocycles. The van der Waals surface area contributed by atoms with Crippen LogP contribution in [0.25, 0.3) is 0 Å². The lowest BCUT2D eigenvalue weighted by Gasteiger charge is -2.40. The summed E-state index contributed by atoms with van der Waals surface area (Å²) in [6.45, 7) is 0.0589. The zero-order valence-corrected chi connectivity index (χ0v) is 11.8. The van der Waals surface area contributed by atoms with Crippen LogP contribution >= 0.6 is 0 Å². The van der Waals surface area contributed by atoms with Crippen molar-refractivity contribution >= 4 is 23.6 Å². The molecule has 0 aromatic heterocycles. The van der Waals surface area contributed by atoms with Crippen LogP contribution in [0.2, 0.25) is 0 Å². The summed E-state index contributed by atoms with van der Waals surface area (Å²) in [6, 6.07) is -0.721. The minimum absolute atomic E-state index is 0.00719. The maximum Gasteiger partial charge on any atom is 0.247 e. The van der Waals surface area contributed by atoms with Crippen LogP contribution in [0.4, 0.5) is 0 Å². The molecule has 0 spiro atoms. The molecule has 1 unspecified atom stereocenters. The van der Waals surface area contributed by atoms with Crippen molar-refractivity contribution in [2.45, 2.75) is 6.04 Å². The predicted octanol–water partition coefficient (Wildman–Crippen LogP) is -2.41. The zero-order chi connectivity index (χ0) is 15.0. The van der Waals surface area contributed by atoms with Gasteiger partial charge in [0.15, 0.2) is 0 Å². The predicted molar refractivity (Wildman–Crippen MR) is 68.4 cm³/mol. The van der Waals surface area contributed by atoms with E-state index in [4.69, 9.17) is 0 Å². The third kappa shape index (κ3) is 2.45. The molecule has 0 aromatic carbocycles. The molecule has 20 heavy (non-hydrogen) atoms. The molecule has 2 heterocycles. The largest absolute Gasteiger partial charge is 0.335 e. The molecular formula is C12H18N4O4. The second kappa shape index (κ2) is 5.10. The Hall–Kier alpha value is -2.12. The number of hydrogen-bond donors (Lipinski definition) is 0. The van der Waals surface area contributed by atoms with Gasteiger partial charge in [-0.1, -0.05) is 0 Å². The van der Waals surface area contributed by atoms with E-state index >= 15 is 0 Å². The Morgan fingerprint density at radius 3 is 2.10 bits per heavy atom. The van der Waals surface area contributed by atoms with Crippen LogP contribution in [0.3, 0.4) is 0 Å². The summed E-state index contributed by atoms with van der Waals surface area (Å²) in [5.74, 6) is -0.777. The van der Waals surface area contributed by atoms with E-state index in [-0.39, 0.29) is 49.8 Å². The van der Waals surface area contributed by atoms with Gasteiger partial charge in [0.05, 0.1) is 26.2 Å². The van der Waals surface area contributed by atoms with E-state index < -0.39 is 6.04 Å². The maximum atomic E-state index is 12.1. The van der Waals surface area contributed by atoms with Gasteiger partial charge in [0.2, 0.25) is 23.6 Å². The lowest BCUT2D eigenvalue weighted by molar-refractivity contribution is -0.157. The Morgan fingerprint density at radius 1 is 0.850 bits per heavy atom. The summed E-state index contributed by atoms with van der Waals surface area (Å²) in [4.78, 5) is 52.8. The highest BCUT2D eigenvalue weighted by Gasteiger charge is 2.39. The van der Waals surface area contributed by atoms with Gasteiger partial charge in [0, 0.05) is 21.1 Å². The summed E-state index contributed by atoms with van der Waals surface area (Å²) in [5, 5.41) is 0. The first-order valence-corrected chi connectivity index (χ1v) is 6.33. The smallest absolute Gasteiger partial charge is 0.247 e. The van der Waals surface area contributed by atoms with Crippen molar-refractivity contribution in [1.82, 2.24) is 19.6 Å². The molecule has 0 saturated carbocycles. The second-order valence-electron chi connectivity index (χ2n) is 5.24. The molecular weight excluding hydrogens is 264 g/mol. The van der Waals surface area contributed by atoms with Gasteiger partial charge in [-0.05, 0) is 0 Å². The molecule has 2 aliphatic rings. The number of rotatable bonds is 2. The highest BCUT2D eigenvalue weighted by molar-refractivity contribution is 5.96. The van der Waals surface area contributed by atoms with Crippen LogP contribution in [-0.2, 0) is 19.2 Å². The summed E-state index contributed by atoms with van der Waals surface area (Å²) in [6.07, 6.45) is 0. The van der Waals surface area contributed by atoms with Gasteiger partial charge < -0.3 is 19.6 Å². The molecule has 0 aromatic rings. The van der Waals surface area contributed by atoms with Gasteiger partial charge in [0.1, 0.15) is 6.04 Å². The maximum absolute atomic E-state index is 12.1. The fourth-order valence-electron chi connectivity index (χ4n) is 2.33. The number of carbonyl (C=O) groups excluding carboxylic acids is 4. The average Bonchev–Trinajstić information content (AvgIpc) is 2.38.